The highest BCUT2D eigenvalue weighted by atomic mass is 16.5. The van der Waals surface area contributed by atoms with Crippen LogP contribution in [0.2, 0.25) is 0 Å². The first-order chi connectivity index (χ1) is 7.89. The van der Waals surface area contributed by atoms with Crippen LogP contribution in [0, 0.1) is 0 Å². The molecular weight excluding hydrogens is 200 g/mol. The third-order valence-electron chi connectivity index (χ3n) is 2.95. The number of allylic oxidation sites excluding steroid dienone is 2. The van der Waals surface area contributed by atoms with E-state index in [4.69, 9.17) is 4.74 Å². The lowest BCUT2D eigenvalue weighted by atomic mass is 10.1. The van der Waals surface area contributed by atoms with E-state index < -0.39 is 0 Å². The quantitative estimate of drug-likeness (QED) is 0.459. The monoisotopic (exact) mass is 224 g/mol. The van der Waals surface area contributed by atoms with Crippen LogP contribution < -0.4 is 0 Å². The molecule has 0 saturated carbocycles. The van der Waals surface area contributed by atoms with Gasteiger partial charge < -0.3 is 4.74 Å². The molecule has 2 nitrogen and oxygen atoms in total. The fraction of sp³-hybridized carbons (Fsp3) is 0.786. The Morgan fingerprint density at radius 1 is 0.812 bits per heavy atom. The summed E-state index contributed by atoms with van der Waals surface area (Å²) in [6, 6.07) is 0. The van der Waals surface area contributed by atoms with Gasteiger partial charge in [0.05, 0.1) is 6.61 Å². The molecule has 0 unspecified atom stereocenters. The molecule has 0 saturated heterocycles. The number of carbonyl (C=O) groups excluding carboxylic acids is 1. The average molecular weight is 224 g/mol. The lowest BCUT2D eigenvalue weighted by Crippen LogP contribution is -2.05. The molecule has 16 heavy (non-hydrogen) atoms. The summed E-state index contributed by atoms with van der Waals surface area (Å²) in [5.74, 6) is -0.0247. The Bertz CT molecular complexity index is 209. The van der Waals surface area contributed by atoms with Gasteiger partial charge in [0, 0.05) is 6.42 Å². The van der Waals surface area contributed by atoms with Crippen molar-refractivity contribution >= 4 is 5.97 Å². The molecule has 0 aromatic carbocycles. The van der Waals surface area contributed by atoms with Crippen molar-refractivity contribution in [1.29, 1.82) is 0 Å². The molecule has 0 bridgehead atoms. The van der Waals surface area contributed by atoms with E-state index in [-0.39, 0.29) is 5.97 Å². The Labute approximate surface area is 99.1 Å². The first-order valence-electron chi connectivity index (χ1n) is 6.70. The van der Waals surface area contributed by atoms with Crippen molar-refractivity contribution in [2.45, 2.75) is 64.2 Å². The number of hydrogen-bond donors (Lipinski definition) is 0. The van der Waals surface area contributed by atoms with Crippen molar-refractivity contribution < 1.29 is 9.53 Å². The fourth-order valence-electron chi connectivity index (χ4n) is 1.93. The van der Waals surface area contributed by atoms with E-state index in [2.05, 4.69) is 12.2 Å². The molecular formula is C14H24O2. The summed E-state index contributed by atoms with van der Waals surface area (Å²) >= 11 is 0. The van der Waals surface area contributed by atoms with Gasteiger partial charge in [0.25, 0.3) is 0 Å². The van der Waals surface area contributed by atoms with Gasteiger partial charge in [0.15, 0.2) is 0 Å². The van der Waals surface area contributed by atoms with Gasteiger partial charge in [-0.15, -0.1) is 0 Å². The van der Waals surface area contributed by atoms with Crippen molar-refractivity contribution in [3.05, 3.63) is 12.2 Å². The second kappa shape index (κ2) is 9.44. The number of rotatable bonds is 0. The van der Waals surface area contributed by atoms with Crippen molar-refractivity contribution in [2.24, 2.45) is 0 Å². The van der Waals surface area contributed by atoms with E-state index in [1.165, 1.54) is 38.5 Å². The molecule has 1 aliphatic rings. The summed E-state index contributed by atoms with van der Waals surface area (Å²) in [6.45, 7) is 0.620. The van der Waals surface area contributed by atoms with Gasteiger partial charge in [0.1, 0.15) is 0 Å². The van der Waals surface area contributed by atoms with E-state index in [1.807, 2.05) is 0 Å². The normalized spacial score (nSPS) is 21.9. The van der Waals surface area contributed by atoms with Gasteiger partial charge in [-0.3, -0.25) is 4.79 Å². The molecule has 0 aromatic rings. The van der Waals surface area contributed by atoms with Gasteiger partial charge in [0.2, 0.25) is 0 Å². The molecule has 0 fully saturated rings. The lowest BCUT2D eigenvalue weighted by molar-refractivity contribution is -0.143. The molecule has 0 radical (unpaired) electrons. The summed E-state index contributed by atoms with van der Waals surface area (Å²) in [4.78, 5) is 11.3. The van der Waals surface area contributed by atoms with Gasteiger partial charge in [-0.1, -0.05) is 37.8 Å². The van der Waals surface area contributed by atoms with Crippen LogP contribution in [0.15, 0.2) is 12.2 Å². The van der Waals surface area contributed by atoms with Crippen molar-refractivity contribution in [2.75, 3.05) is 6.61 Å². The van der Waals surface area contributed by atoms with Crippen LogP contribution in [0.1, 0.15) is 64.2 Å². The van der Waals surface area contributed by atoms with Crippen LogP contribution >= 0.6 is 0 Å². The zero-order valence-corrected chi connectivity index (χ0v) is 10.2. The highest BCUT2D eigenvalue weighted by Crippen LogP contribution is 2.09. The molecule has 0 aromatic heterocycles. The first-order valence-corrected chi connectivity index (χ1v) is 6.70. The Hall–Kier alpha value is -0.790. The highest BCUT2D eigenvalue weighted by Gasteiger charge is 2.01. The summed E-state index contributed by atoms with van der Waals surface area (Å²) in [5.41, 5.74) is 0. The Morgan fingerprint density at radius 2 is 1.44 bits per heavy atom. The summed E-state index contributed by atoms with van der Waals surface area (Å²) in [5, 5.41) is 0. The third-order valence-corrected chi connectivity index (χ3v) is 2.95. The number of carbonyl (C=O) groups is 1. The zero-order chi connectivity index (χ0) is 11.5. The molecule has 1 rings (SSSR count). The molecule has 1 aliphatic heterocycles. The minimum Gasteiger partial charge on any atom is -0.466 e. The Balaban J connectivity index is 2.20. The molecule has 0 aliphatic carbocycles. The Morgan fingerprint density at radius 3 is 2.25 bits per heavy atom. The standard InChI is InChI=1S/C14H24O2/c15-14-12-10-8-6-4-2-1-3-5-7-9-11-13-16-14/h4,6H,1-3,5,7-13H2. The molecule has 1 heterocycles. The number of cyclic esters (lactones) is 1. The van der Waals surface area contributed by atoms with Crippen LogP contribution in [-0.2, 0) is 9.53 Å². The summed E-state index contributed by atoms with van der Waals surface area (Å²) in [6.07, 6.45) is 15.6. The van der Waals surface area contributed by atoms with E-state index in [0.717, 1.165) is 19.3 Å². The third kappa shape index (κ3) is 7.49. The van der Waals surface area contributed by atoms with E-state index >= 15 is 0 Å². The molecule has 0 N–H and O–H groups in total. The minimum absolute atomic E-state index is 0.0247. The predicted octanol–water partition coefficient (Wildman–Crippen LogP) is 4.00. The van der Waals surface area contributed by atoms with Gasteiger partial charge in [-0.25, -0.2) is 0 Å². The van der Waals surface area contributed by atoms with Gasteiger partial charge in [-0.2, -0.15) is 0 Å². The predicted molar refractivity (Wildman–Crippen MR) is 66.3 cm³/mol. The first kappa shape index (κ1) is 13.3. The lowest BCUT2D eigenvalue weighted by Gasteiger charge is -2.03. The summed E-state index contributed by atoms with van der Waals surface area (Å²) in [7, 11) is 0. The van der Waals surface area contributed by atoms with Crippen LogP contribution in [0.5, 0.6) is 0 Å². The van der Waals surface area contributed by atoms with Crippen molar-refractivity contribution in [3.8, 4) is 0 Å². The number of esters is 1. The topological polar surface area (TPSA) is 26.3 Å². The van der Waals surface area contributed by atoms with Crippen LogP contribution in [0.4, 0.5) is 0 Å². The molecule has 92 valence electrons. The minimum atomic E-state index is -0.0247. The SMILES string of the molecule is O=C1CCCC=CCCCCCCCCO1. The van der Waals surface area contributed by atoms with E-state index in [0.29, 0.717) is 13.0 Å². The maximum Gasteiger partial charge on any atom is 0.305 e. The van der Waals surface area contributed by atoms with Crippen LogP contribution in [0.25, 0.3) is 0 Å². The second-order valence-electron chi connectivity index (χ2n) is 4.49. The van der Waals surface area contributed by atoms with Gasteiger partial charge >= 0.3 is 5.97 Å². The maximum absolute atomic E-state index is 11.3. The molecule has 2 heteroatoms. The average Bonchev–Trinajstić information content (AvgIpc) is 2.29. The van der Waals surface area contributed by atoms with Crippen molar-refractivity contribution in [1.82, 2.24) is 0 Å². The Kier molecular flexibility index (Phi) is 7.83. The fourth-order valence-corrected chi connectivity index (χ4v) is 1.93. The zero-order valence-electron chi connectivity index (χ0n) is 10.2. The second-order valence-corrected chi connectivity index (χ2v) is 4.49. The highest BCUT2D eigenvalue weighted by molar-refractivity contribution is 5.69. The van der Waals surface area contributed by atoms with Gasteiger partial charge in [-0.05, 0) is 32.1 Å². The summed E-state index contributed by atoms with van der Waals surface area (Å²) < 4.78 is 5.16. The maximum atomic E-state index is 11.3. The number of hydrogen-bond acceptors (Lipinski definition) is 2. The van der Waals surface area contributed by atoms with E-state index in [1.54, 1.807) is 0 Å². The number of ether oxygens (including phenoxy) is 1. The molecule has 0 spiro atoms. The smallest absolute Gasteiger partial charge is 0.305 e. The molecule has 0 atom stereocenters. The van der Waals surface area contributed by atoms with Crippen LogP contribution in [-0.4, -0.2) is 12.6 Å². The van der Waals surface area contributed by atoms with E-state index in [9.17, 15) is 4.79 Å². The van der Waals surface area contributed by atoms with Crippen molar-refractivity contribution in [3.63, 3.8) is 0 Å². The molecule has 0 amide bonds. The largest absolute Gasteiger partial charge is 0.466 e. The van der Waals surface area contributed by atoms with Crippen LogP contribution in [0.3, 0.4) is 0 Å².